The molecule has 2 aliphatic rings. The number of amides is 1. The van der Waals surface area contributed by atoms with Gasteiger partial charge in [0.15, 0.2) is 5.17 Å². The topological polar surface area (TPSA) is 44.7 Å². The Bertz CT molecular complexity index is 709. The molecule has 0 atom stereocenters. The van der Waals surface area contributed by atoms with Crippen LogP contribution >= 0.6 is 11.8 Å². The van der Waals surface area contributed by atoms with E-state index in [0.717, 1.165) is 53.8 Å². The standard InChI is InChI=1S/C22H31N3OS/c1-3-5-6-7-8-10-17-11-13-18(14-12-17)24-21(26)20-19(4-2)25-16-9-15-23-22(25)27-20/h11-14H,3-10,15-16H2,1-2H3,(H,24,26). The highest BCUT2D eigenvalue weighted by molar-refractivity contribution is 8.18. The molecule has 1 amide bonds. The highest BCUT2D eigenvalue weighted by Gasteiger charge is 2.33. The van der Waals surface area contributed by atoms with E-state index in [1.165, 1.54) is 49.4 Å². The van der Waals surface area contributed by atoms with Crippen LogP contribution in [-0.2, 0) is 11.2 Å². The highest BCUT2D eigenvalue weighted by atomic mass is 32.2. The summed E-state index contributed by atoms with van der Waals surface area (Å²) in [5.74, 6) is -0.0127. The Balaban J connectivity index is 1.56. The molecule has 4 nitrogen and oxygen atoms in total. The van der Waals surface area contributed by atoms with E-state index < -0.39 is 0 Å². The van der Waals surface area contributed by atoms with E-state index in [1.807, 2.05) is 12.1 Å². The van der Waals surface area contributed by atoms with Gasteiger partial charge in [-0.1, -0.05) is 51.7 Å². The number of hydrogen-bond acceptors (Lipinski definition) is 4. The number of carbonyl (C=O) groups is 1. The first-order valence-electron chi connectivity index (χ1n) is 10.4. The van der Waals surface area contributed by atoms with Gasteiger partial charge in [0.1, 0.15) is 0 Å². The molecule has 5 heteroatoms. The number of hydrogen-bond donors (Lipinski definition) is 1. The number of aliphatic imine (C=N–C) groups is 1. The lowest BCUT2D eigenvalue weighted by molar-refractivity contribution is -0.112. The van der Waals surface area contributed by atoms with E-state index in [0.29, 0.717) is 0 Å². The molecule has 27 heavy (non-hydrogen) atoms. The maximum atomic E-state index is 12.8. The molecule has 0 bridgehead atoms. The Morgan fingerprint density at radius 1 is 1.15 bits per heavy atom. The molecule has 0 radical (unpaired) electrons. The average molecular weight is 386 g/mol. The summed E-state index contributed by atoms with van der Waals surface area (Å²) in [4.78, 5) is 20.4. The summed E-state index contributed by atoms with van der Waals surface area (Å²) >= 11 is 1.52. The number of anilines is 1. The van der Waals surface area contributed by atoms with E-state index in [2.05, 4.69) is 41.2 Å². The van der Waals surface area contributed by atoms with Crippen LogP contribution in [0.15, 0.2) is 39.9 Å². The molecular weight excluding hydrogens is 354 g/mol. The van der Waals surface area contributed by atoms with Crippen molar-refractivity contribution in [3.05, 3.63) is 40.4 Å². The Labute approximate surface area is 167 Å². The van der Waals surface area contributed by atoms with E-state index in [1.54, 1.807) is 0 Å². The van der Waals surface area contributed by atoms with Crippen molar-refractivity contribution in [3.63, 3.8) is 0 Å². The van der Waals surface area contributed by atoms with Crippen LogP contribution in [0.1, 0.15) is 64.4 Å². The number of carbonyl (C=O) groups excluding carboxylic acids is 1. The second-order valence-corrected chi connectivity index (χ2v) is 8.19. The van der Waals surface area contributed by atoms with Crippen molar-refractivity contribution >= 4 is 28.5 Å². The molecule has 0 aromatic heterocycles. The number of benzene rings is 1. The Hall–Kier alpha value is -1.75. The van der Waals surface area contributed by atoms with Gasteiger partial charge in [-0.25, -0.2) is 0 Å². The number of unbranched alkanes of at least 4 members (excludes halogenated alkanes) is 4. The van der Waals surface area contributed by atoms with E-state index in [4.69, 9.17) is 0 Å². The molecule has 1 aromatic carbocycles. The van der Waals surface area contributed by atoms with Crippen LogP contribution in [-0.4, -0.2) is 29.1 Å². The van der Waals surface area contributed by atoms with Gasteiger partial charge in [-0.15, -0.1) is 0 Å². The van der Waals surface area contributed by atoms with Crippen molar-refractivity contribution in [2.24, 2.45) is 4.99 Å². The van der Waals surface area contributed by atoms with Crippen LogP contribution < -0.4 is 5.32 Å². The smallest absolute Gasteiger partial charge is 0.264 e. The third kappa shape index (κ3) is 5.16. The predicted octanol–water partition coefficient (Wildman–Crippen LogP) is 5.57. The summed E-state index contributed by atoms with van der Waals surface area (Å²) in [6.07, 6.45) is 9.53. The first-order valence-corrected chi connectivity index (χ1v) is 11.2. The molecule has 1 aromatic rings. The summed E-state index contributed by atoms with van der Waals surface area (Å²) in [5, 5.41) is 4.06. The number of fused-ring (bicyclic) bond motifs is 1. The zero-order valence-corrected chi connectivity index (χ0v) is 17.4. The number of rotatable bonds is 9. The predicted molar refractivity (Wildman–Crippen MR) is 116 cm³/mol. The number of nitrogens with one attached hydrogen (secondary N) is 1. The van der Waals surface area contributed by atoms with Gasteiger partial charge >= 0.3 is 0 Å². The SMILES string of the molecule is CCCCCCCc1ccc(NC(=O)C2=C(CC)N3CCCN=C3S2)cc1. The number of nitrogens with zero attached hydrogens (tertiary/aromatic N) is 2. The van der Waals surface area contributed by atoms with E-state index >= 15 is 0 Å². The minimum absolute atomic E-state index is 0.0127. The number of thioether (sulfide) groups is 1. The number of allylic oxidation sites excluding steroid dienone is 1. The van der Waals surface area contributed by atoms with Crippen molar-refractivity contribution in [1.82, 2.24) is 4.90 Å². The Kier molecular flexibility index (Phi) is 7.39. The second kappa shape index (κ2) is 9.98. The fraction of sp³-hybridized carbons (Fsp3) is 0.545. The summed E-state index contributed by atoms with van der Waals surface area (Å²) in [5.41, 5.74) is 3.32. The molecule has 0 unspecified atom stereocenters. The van der Waals surface area contributed by atoms with Crippen molar-refractivity contribution in [1.29, 1.82) is 0 Å². The van der Waals surface area contributed by atoms with Crippen LogP contribution in [0.25, 0.3) is 0 Å². The molecule has 3 rings (SSSR count). The molecule has 2 aliphatic heterocycles. The largest absolute Gasteiger partial charge is 0.323 e. The zero-order chi connectivity index (χ0) is 19.1. The fourth-order valence-electron chi connectivity index (χ4n) is 3.60. The first-order chi connectivity index (χ1) is 13.2. The molecular formula is C22H31N3OS. The van der Waals surface area contributed by atoms with Gasteiger partial charge in [-0.2, -0.15) is 0 Å². The third-order valence-electron chi connectivity index (χ3n) is 5.12. The van der Waals surface area contributed by atoms with Crippen molar-refractivity contribution < 1.29 is 4.79 Å². The summed E-state index contributed by atoms with van der Waals surface area (Å²) in [7, 11) is 0. The lowest BCUT2D eigenvalue weighted by Crippen LogP contribution is -2.29. The monoisotopic (exact) mass is 385 g/mol. The molecule has 0 spiro atoms. The average Bonchev–Trinajstić information content (AvgIpc) is 3.08. The lowest BCUT2D eigenvalue weighted by atomic mass is 10.1. The summed E-state index contributed by atoms with van der Waals surface area (Å²) in [6.45, 7) is 6.19. The number of amidine groups is 1. The number of aryl methyl sites for hydroxylation is 1. The zero-order valence-electron chi connectivity index (χ0n) is 16.6. The van der Waals surface area contributed by atoms with Gasteiger partial charge in [0, 0.05) is 24.5 Å². The van der Waals surface area contributed by atoms with Gasteiger partial charge in [0.05, 0.1) is 4.91 Å². The fourth-order valence-corrected chi connectivity index (χ4v) is 4.77. The van der Waals surface area contributed by atoms with Crippen LogP contribution in [0, 0.1) is 0 Å². The van der Waals surface area contributed by atoms with Crippen molar-refractivity contribution in [3.8, 4) is 0 Å². The summed E-state index contributed by atoms with van der Waals surface area (Å²) < 4.78 is 0. The molecule has 2 heterocycles. The molecule has 0 saturated heterocycles. The maximum absolute atomic E-state index is 12.8. The quantitative estimate of drug-likeness (QED) is 0.565. The van der Waals surface area contributed by atoms with Gasteiger partial charge in [0.2, 0.25) is 0 Å². The first kappa shape index (κ1) is 20.0. The van der Waals surface area contributed by atoms with Gasteiger partial charge < -0.3 is 10.2 Å². The lowest BCUT2D eigenvalue weighted by Gasteiger charge is -2.24. The highest BCUT2D eigenvalue weighted by Crippen LogP contribution is 2.38. The van der Waals surface area contributed by atoms with Crippen LogP contribution in [0.5, 0.6) is 0 Å². The summed E-state index contributed by atoms with van der Waals surface area (Å²) in [6, 6.07) is 8.32. The Morgan fingerprint density at radius 2 is 1.93 bits per heavy atom. The van der Waals surface area contributed by atoms with Crippen molar-refractivity contribution in [2.45, 2.75) is 65.2 Å². The minimum atomic E-state index is -0.0127. The molecule has 1 N–H and O–H groups in total. The molecule has 146 valence electrons. The van der Waals surface area contributed by atoms with Gasteiger partial charge in [-0.3, -0.25) is 9.79 Å². The Morgan fingerprint density at radius 3 is 2.67 bits per heavy atom. The van der Waals surface area contributed by atoms with Crippen LogP contribution in [0.2, 0.25) is 0 Å². The minimum Gasteiger partial charge on any atom is -0.323 e. The van der Waals surface area contributed by atoms with Gasteiger partial charge in [-0.05, 0) is 55.1 Å². The molecule has 0 fully saturated rings. The van der Waals surface area contributed by atoms with Gasteiger partial charge in [0.25, 0.3) is 5.91 Å². The van der Waals surface area contributed by atoms with Crippen LogP contribution in [0.3, 0.4) is 0 Å². The third-order valence-corrected chi connectivity index (χ3v) is 6.28. The maximum Gasteiger partial charge on any atom is 0.264 e. The normalized spacial score (nSPS) is 16.4. The van der Waals surface area contributed by atoms with Crippen molar-refractivity contribution in [2.75, 3.05) is 18.4 Å². The second-order valence-electron chi connectivity index (χ2n) is 7.22. The van der Waals surface area contributed by atoms with E-state index in [-0.39, 0.29) is 5.91 Å². The molecule has 0 saturated carbocycles. The van der Waals surface area contributed by atoms with Crippen LogP contribution in [0.4, 0.5) is 5.69 Å². The molecule has 0 aliphatic carbocycles. The van der Waals surface area contributed by atoms with E-state index in [9.17, 15) is 4.79 Å².